The van der Waals surface area contributed by atoms with Gasteiger partial charge in [0.2, 0.25) is 0 Å². The first-order valence-corrected chi connectivity index (χ1v) is 6.45. The van der Waals surface area contributed by atoms with Crippen molar-refractivity contribution in [2.45, 2.75) is 45.6 Å². The molecule has 0 radical (unpaired) electrons. The van der Waals surface area contributed by atoms with Crippen LogP contribution in [0.2, 0.25) is 0 Å². The maximum atomic E-state index is 13.4. The molecule has 1 saturated heterocycles. The van der Waals surface area contributed by atoms with Gasteiger partial charge in [0.1, 0.15) is 5.82 Å². The zero-order valence-electron chi connectivity index (χ0n) is 10.7. The van der Waals surface area contributed by atoms with Gasteiger partial charge in [-0.15, -0.1) is 0 Å². The molecule has 1 fully saturated rings. The normalized spacial score (nSPS) is 20.6. The van der Waals surface area contributed by atoms with Crippen molar-refractivity contribution in [1.29, 1.82) is 0 Å². The van der Waals surface area contributed by atoms with Crippen molar-refractivity contribution < 1.29 is 4.39 Å². The van der Waals surface area contributed by atoms with Crippen molar-refractivity contribution in [2.24, 2.45) is 0 Å². The van der Waals surface area contributed by atoms with Crippen LogP contribution in [0.5, 0.6) is 0 Å². The smallest absolute Gasteiger partial charge is 0.128 e. The lowest BCUT2D eigenvalue weighted by Gasteiger charge is -2.38. The first-order chi connectivity index (χ1) is 8.13. The summed E-state index contributed by atoms with van der Waals surface area (Å²) in [6, 6.07) is 3.89. The van der Waals surface area contributed by atoms with Gasteiger partial charge < -0.3 is 10.6 Å². The summed E-state index contributed by atoms with van der Waals surface area (Å²) in [5, 5.41) is 0. The molecule has 2 N–H and O–H groups in total. The molecule has 1 aromatic rings. The van der Waals surface area contributed by atoms with Crippen LogP contribution >= 0.6 is 0 Å². The molecular formula is C14H21FN2. The highest BCUT2D eigenvalue weighted by Crippen LogP contribution is 2.32. The van der Waals surface area contributed by atoms with E-state index in [0.29, 0.717) is 17.3 Å². The Kier molecular flexibility index (Phi) is 3.55. The Morgan fingerprint density at radius 1 is 1.41 bits per heavy atom. The van der Waals surface area contributed by atoms with Crippen LogP contribution in [0.4, 0.5) is 15.8 Å². The quantitative estimate of drug-likeness (QED) is 0.796. The molecule has 94 valence electrons. The van der Waals surface area contributed by atoms with Gasteiger partial charge in [-0.2, -0.15) is 0 Å². The van der Waals surface area contributed by atoms with E-state index in [-0.39, 0.29) is 5.82 Å². The predicted molar refractivity (Wildman–Crippen MR) is 70.8 cm³/mol. The third-order valence-electron chi connectivity index (χ3n) is 3.72. The van der Waals surface area contributed by atoms with Crippen molar-refractivity contribution in [3.05, 3.63) is 23.5 Å². The van der Waals surface area contributed by atoms with E-state index in [2.05, 4.69) is 11.8 Å². The third kappa shape index (κ3) is 2.38. The Balaban J connectivity index is 2.34. The van der Waals surface area contributed by atoms with Crippen molar-refractivity contribution in [1.82, 2.24) is 0 Å². The molecule has 0 spiro atoms. The van der Waals surface area contributed by atoms with E-state index in [1.165, 1.54) is 25.3 Å². The molecule has 2 rings (SSSR count). The molecule has 0 aliphatic carbocycles. The summed E-state index contributed by atoms with van der Waals surface area (Å²) in [7, 11) is 0. The molecule has 0 bridgehead atoms. The molecule has 1 aromatic carbocycles. The van der Waals surface area contributed by atoms with Crippen LogP contribution in [0.15, 0.2) is 12.1 Å². The van der Waals surface area contributed by atoms with Gasteiger partial charge in [0, 0.05) is 12.6 Å². The molecule has 2 nitrogen and oxygen atoms in total. The summed E-state index contributed by atoms with van der Waals surface area (Å²) >= 11 is 0. The zero-order chi connectivity index (χ0) is 12.4. The summed E-state index contributed by atoms with van der Waals surface area (Å²) in [5.74, 6) is -0.212. The van der Waals surface area contributed by atoms with E-state index in [1.54, 1.807) is 6.92 Å². The van der Waals surface area contributed by atoms with Crippen molar-refractivity contribution >= 4 is 11.4 Å². The van der Waals surface area contributed by atoms with Gasteiger partial charge >= 0.3 is 0 Å². The minimum atomic E-state index is -0.212. The summed E-state index contributed by atoms with van der Waals surface area (Å²) < 4.78 is 13.4. The number of rotatable bonds is 2. The molecule has 0 aromatic heterocycles. The first kappa shape index (κ1) is 12.2. The predicted octanol–water partition coefficient (Wildman–Crippen LogP) is 3.49. The van der Waals surface area contributed by atoms with E-state index in [4.69, 9.17) is 5.73 Å². The van der Waals surface area contributed by atoms with Crippen molar-refractivity contribution in [2.75, 3.05) is 17.2 Å². The molecule has 0 saturated carbocycles. The molecule has 3 heteroatoms. The second-order valence-corrected chi connectivity index (χ2v) is 4.91. The van der Waals surface area contributed by atoms with Crippen LogP contribution in [-0.2, 0) is 0 Å². The van der Waals surface area contributed by atoms with Gasteiger partial charge in [0.25, 0.3) is 0 Å². The highest BCUT2D eigenvalue weighted by Gasteiger charge is 2.23. The number of benzene rings is 1. The average molecular weight is 236 g/mol. The van der Waals surface area contributed by atoms with Gasteiger partial charge in [-0.1, -0.05) is 6.92 Å². The number of nitrogens with two attached hydrogens (primary N) is 1. The van der Waals surface area contributed by atoms with E-state index in [9.17, 15) is 4.39 Å². The SMILES string of the molecule is CCC1CCCCN1c1cc(C)c(F)cc1N. The lowest BCUT2D eigenvalue weighted by molar-refractivity contribution is 0.450. The molecule has 1 atom stereocenters. The van der Waals surface area contributed by atoms with Gasteiger partial charge in [0.15, 0.2) is 0 Å². The largest absolute Gasteiger partial charge is 0.397 e. The maximum absolute atomic E-state index is 13.4. The molecule has 0 amide bonds. The Hall–Kier alpha value is -1.25. The number of hydrogen-bond donors (Lipinski definition) is 1. The highest BCUT2D eigenvalue weighted by molar-refractivity contribution is 5.69. The standard InChI is InChI=1S/C14H21FN2/c1-3-11-6-4-5-7-17(11)14-8-10(2)12(15)9-13(14)16/h8-9,11H,3-7,16H2,1-2H3. The van der Waals surface area contributed by atoms with Crippen LogP contribution < -0.4 is 10.6 Å². The van der Waals surface area contributed by atoms with Crippen LogP contribution in [0, 0.1) is 12.7 Å². The molecule has 1 aliphatic heterocycles. The first-order valence-electron chi connectivity index (χ1n) is 6.45. The van der Waals surface area contributed by atoms with E-state index in [1.807, 2.05) is 6.07 Å². The number of nitrogen functional groups attached to an aromatic ring is 1. The fourth-order valence-electron chi connectivity index (χ4n) is 2.67. The maximum Gasteiger partial charge on any atom is 0.128 e. The molecule has 1 heterocycles. The van der Waals surface area contributed by atoms with Crippen molar-refractivity contribution in [3.63, 3.8) is 0 Å². The zero-order valence-corrected chi connectivity index (χ0v) is 10.7. The fourth-order valence-corrected chi connectivity index (χ4v) is 2.67. The molecule has 17 heavy (non-hydrogen) atoms. The van der Waals surface area contributed by atoms with E-state index in [0.717, 1.165) is 18.7 Å². The summed E-state index contributed by atoms with van der Waals surface area (Å²) in [5.41, 5.74) is 8.21. The summed E-state index contributed by atoms with van der Waals surface area (Å²) in [6.07, 6.45) is 4.82. The van der Waals surface area contributed by atoms with Crippen LogP contribution in [-0.4, -0.2) is 12.6 Å². The Labute approximate surface area is 103 Å². The van der Waals surface area contributed by atoms with Gasteiger partial charge in [-0.05, 0) is 50.3 Å². The summed E-state index contributed by atoms with van der Waals surface area (Å²) in [6.45, 7) is 5.03. The number of anilines is 2. The number of halogens is 1. The van der Waals surface area contributed by atoms with E-state index >= 15 is 0 Å². The lowest BCUT2D eigenvalue weighted by Crippen LogP contribution is -2.39. The van der Waals surface area contributed by atoms with Gasteiger partial charge in [-0.25, -0.2) is 4.39 Å². The minimum absolute atomic E-state index is 0.212. The monoisotopic (exact) mass is 236 g/mol. The second-order valence-electron chi connectivity index (χ2n) is 4.91. The second kappa shape index (κ2) is 4.94. The topological polar surface area (TPSA) is 29.3 Å². The number of aryl methyl sites for hydroxylation is 1. The minimum Gasteiger partial charge on any atom is -0.397 e. The highest BCUT2D eigenvalue weighted by atomic mass is 19.1. The Morgan fingerprint density at radius 2 is 2.18 bits per heavy atom. The fraction of sp³-hybridized carbons (Fsp3) is 0.571. The van der Waals surface area contributed by atoms with Gasteiger partial charge in [-0.3, -0.25) is 0 Å². The third-order valence-corrected chi connectivity index (χ3v) is 3.72. The Bertz CT molecular complexity index is 403. The average Bonchev–Trinajstić information content (AvgIpc) is 2.34. The lowest BCUT2D eigenvalue weighted by atomic mass is 9.98. The van der Waals surface area contributed by atoms with Crippen LogP contribution in [0.25, 0.3) is 0 Å². The van der Waals surface area contributed by atoms with Crippen molar-refractivity contribution in [3.8, 4) is 0 Å². The van der Waals surface area contributed by atoms with Gasteiger partial charge in [0.05, 0.1) is 11.4 Å². The number of nitrogens with zero attached hydrogens (tertiary/aromatic N) is 1. The molecular weight excluding hydrogens is 215 g/mol. The van der Waals surface area contributed by atoms with Crippen LogP contribution in [0.3, 0.4) is 0 Å². The van der Waals surface area contributed by atoms with Crippen LogP contribution in [0.1, 0.15) is 38.2 Å². The number of hydrogen-bond acceptors (Lipinski definition) is 2. The Morgan fingerprint density at radius 3 is 2.88 bits per heavy atom. The molecule has 1 unspecified atom stereocenters. The molecule has 1 aliphatic rings. The van der Waals surface area contributed by atoms with E-state index < -0.39 is 0 Å². The number of piperidine rings is 1. The summed E-state index contributed by atoms with van der Waals surface area (Å²) in [4.78, 5) is 2.35.